The molecule has 1 fully saturated rings. The van der Waals surface area contributed by atoms with Crippen LogP contribution in [0.4, 0.5) is 5.69 Å². The number of rotatable bonds is 6. The molecule has 0 radical (unpaired) electrons. The highest BCUT2D eigenvalue weighted by atomic mass is 32.1. The minimum Gasteiger partial charge on any atom is -0.497 e. The summed E-state index contributed by atoms with van der Waals surface area (Å²) in [5.74, 6) is 1.83. The maximum absolute atomic E-state index is 12.9. The van der Waals surface area contributed by atoms with E-state index in [-0.39, 0.29) is 11.0 Å². The van der Waals surface area contributed by atoms with Gasteiger partial charge in [-0.3, -0.25) is 9.69 Å². The van der Waals surface area contributed by atoms with Gasteiger partial charge < -0.3 is 24.3 Å². The van der Waals surface area contributed by atoms with Gasteiger partial charge in [-0.2, -0.15) is 0 Å². The molecule has 1 saturated heterocycles. The molecule has 146 valence electrons. The summed E-state index contributed by atoms with van der Waals surface area (Å²) in [5, 5.41) is 3.25. The molecular weight excluding hydrogens is 380 g/mol. The molecule has 0 unspecified atom stereocenters. The number of nitrogens with zero attached hydrogens (tertiary/aromatic N) is 1. The number of carbonyl (C=O) groups is 1. The van der Waals surface area contributed by atoms with Crippen LogP contribution in [0.25, 0.3) is 6.08 Å². The maximum Gasteiger partial charge on any atom is 0.281 e. The zero-order valence-electron chi connectivity index (χ0n) is 15.9. The number of carbonyl (C=O) groups excluding carboxylic acids is 1. The van der Waals surface area contributed by atoms with E-state index in [1.54, 1.807) is 49.6 Å². The third-order valence-corrected chi connectivity index (χ3v) is 4.47. The first-order valence-electron chi connectivity index (χ1n) is 8.33. The van der Waals surface area contributed by atoms with Crippen LogP contribution in [0.5, 0.6) is 23.0 Å². The summed E-state index contributed by atoms with van der Waals surface area (Å²) in [7, 11) is 6.17. The Morgan fingerprint density at radius 1 is 0.964 bits per heavy atom. The lowest BCUT2D eigenvalue weighted by Gasteiger charge is -2.14. The van der Waals surface area contributed by atoms with Crippen LogP contribution in [0.15, 0.2) is 42.1 Å². The van der Waals surface area contributed by atoms with Crippen molar-refractivity contribution in [2.24, 2.45) is 0 Å². The fourth-order valence-electron chi connectivity index (χ4n) is 2.87. The molecule has 0 spiro atoms. The zero-order chi connectivity index (χ0) is 20.3. The van der Waals surface area contributed by atoms with Crippen LogP contribution < -0.4 is 29.2 Å². The Morgan fingerprint density at radius 2 is 1.64 bits per heavy atom. The van der Waals surface area contributed by atoms with Crippen molar-refractivity contribution in [2.45, 2.75) is 0 Å². The standard InChI is InChI=1S/C20H20N2O5S/c1-24-14-7-5-6-13(11-14)22-19(23)15(21-20(22)28)8-12-9-16(25-2)18(27-4)17(10-12)26-3/h5-11H,1-4H3,(H,21,28)/b15-8+. The van der Waals surface area contributed by atoms with Gasteiger partial charge in [0.2, 0.25) is 5.75 Å². The first kappa shape index (κ1) is 19.5. The second-order valence-electron chi connectivity index (χ2n) is 5.79. The summed E-state index contributed by atoms with van der Waals surface area (Å²) >= 11 is 5.35. The number of thiocarbonyl (C=S) groups is 1. The Bertz CT molecular complexity index is 932. The van der Waals surface area contributed by atoms with E-state index in [2.05, 4.69) is 5.32 Å². The molecule has 0 atom stereocenters. The summed E-state index contributed by atoms with van der Waals surface area (Å²) in [5.41, 5.74) is 1.65. The average molecular weight is 400 g/mol. The molecule has 0 saturated carbocycles. The van der Waals surface area contributed by atoms with Crippen LogP contribution in [-0.2, 0) is 4.79 Å². The Morgan fingerprint density at radius 3 is 2.21 bits per heavy atom. The number of nitrogens with one attached hydrogen (secondary N) is 1. The normalized spacial score (nSPS) is 14.9. The van der Waals surface area contributed by atoms with E-state index in [1.807, 2.05) is 0 Å². The van der Waals surface area contributed by atoms with Gasteiger partial charge in [-0.1, -0.05) is 6.07 Å². The number of hydrogen-bond donors (Lipinski definition) is 1. The molecule has 2 aromatic carbocycles. The SMILES string of the molecule is COc1cccc(N2C(=O)/C(=C\c3cc(OC)c(OC)c(OC)c3)NC2=S)c1. The second kappa shape index (κ2) is 8.18. The molecule has 0 aliphatic carbocycles. The monoisotopic (exact) mass is 400 g/mol. The number of anilines is 1. The van der Waals surface area contributed by atoms with Crippen LogP contribution in [0.3, 0.4) is 0 Å². The zero-order valence-corrected chi connectivity index (χ0v) is 16.8. The smallest absolute Gasteiger partial charge is 0.281 e. The minimum absolute atomic E-state index is 0.271. The van der Waals surface area contributed by atoms with Crippen molar-refractivity contribution in [1.29, 1.82) is 0 Å². The topological polar surface area (TPSA) is 69.3 Å². The van der Waals surface area contributed by atoms with Crippen LogP contribution in [0, 0.1) is 0 Å². The van der Waals surface area contributed by atoms with Crippen molar-refractivity contribution in [3.63, 3.8) is 0 Å². The van der Waals surface area contributed by atoms with Crippen LogP contribution in [0.2, 0.25) is 0 Å². The highest BCUT2D eigenvalue weighted by molar-refractivity contribution is 7.80. The summed E-state index contributed by atoms with van der Waals surface area (Å²) < 4.78 is 21.3. The van der Waals surface area contributed by atoms with Crippen molar-refractivity contribution < 1.29 is 23.7 Å². The van der Waals surface area contributed by atoms with Crippen LogP contribution in [0.1, 0.15) is 5.56 Å². The lowest BCUT2D eigenvalue weighted by molar-refractivity contribution is -0.113. The molecule has 1 amide bonds. The number of hydrogen-bond acceptors (Lipinski definition) is 6. The molecule has 0 bridgehead atoms. The van der Waals surface area contributed by atoms with E-state index in [0.717, 1.165) is 0 Å². The minimum atomic E-state index is -0.271. The van der Waals surface area contributed by atoms with E-state index in [9.17, 15) is 4.79 Å². The lowest BCUT2D eigenvalue weighted by atomic mass is 10.1. The largest absolute Gasteiger partial charge is 0.497 e. The van der Waals surface area contributed by atoms with E-state index in [4.69, 9.17) is 31.2 Å². The van der Waals surface area contributed by atoms with Gasteiger partial charge >= 0.3 is 0 Å². The van der Waals surface area contributed by atoms with Crippen molar-refractivity contribution in [3.05, 3.63) is 47.7 Å². The highest BCUT2D eigenvalue weighted by Crippen LogP contribution is 2.39. The van der Waals surface area contributed by atoms with Crippen LogP contribution >= 0.6 is 12.2 Å². The molecule has 0 aromatic heterocycles. The van der Waals surface area contributed by atoms with E-state index in [1.165, 1.54) is 26.2 Å². The van der Waals surface area contributed by atoms with Crippen molar-refractivity contribution in [2.75, 3.05) is 33.3 Å². The third-order valence-electron chi connectivity index (χ3n) is 4.19. The van der Waals surface area contributed by atoms with Gasteiger partial charge in [0.15, 0.2) is 16.6 Å². The molecule has 3 rings (SSSR count). The number of ether oxygens (including phenoxy) is 4. The molecule has 1 N–H and O–H groups in total. The van der Waals surface area contributed by atoms with Gasteiger partial charge in [0.1, 0.15) is 11.4 Å². The van der Waals surface area contributed by atoms with Gasteiger partial charge in [0.25, 0.3) is 5.91 Å². The van der Waals surface area contributed by atoms with Crippen molar-refractivity contribution in [1.82, 2.24) is 5.32 Å². The van der Waals surface area contributed by atoms with Crippen molar-refractivity contribution in [3.8, 4) is 23.0 Å². The average Bonchev–Trinajstić information content (AvgIpc) is 2.99. The summed E-state index contributed by atoms with van der Waals surface area (Å²) in [6.07, 6.45) is 1.68. The lowest BCUT2D eigenvalue weighted by Crippen LogP contribution is -2.30. The molecular formula is C20H20N2O5S. The molecule has 2 aromatic rings. The number of benzene rings is 2. The van der Waals surface area contributed by atoms with E-state index in [0.29, 0.717) is 39.9 Å². The Kier molecular flexibility index (Phi) is 5.70. The molecule has 8 heteroatoms. The van der Waals surface area contributed by atoms with E-state index < -0.39 is 0 Å². The summed E-state index contributed by atoms with van der Waals surface area (Å²) in [4.78, 5) is 14.4. The fraction of sp³-hybridized carbons (Fsp3) is 0.200. The summed E-state index contributed by atoms with van der Waals surface area (Å²) in [6, 6.07) is 10.6. The predicted molar refractivity (Wildman–Crippen MR) is 110 cm³/mol. The summed E-state index contributed by atoms with van der Waals surface area (Å²) in [6.45, 7) is 0. The predicted octanol–water partition coefficient (Wildman–Crippen LogP) is 2.98. The Balaban J connectivity index is 1.98. The number of amides is 1. The van der Waals surface area contributed by atoms with Gasteiger partial charge in [-0.15, -0.1) is 0 Å². The van der Waals surface area contributed by atoms with E-state index >= 15 is 0 Å². The number of methoxy groups -OCH3 is 4. The maximum atomic E-state index is 12.9. The van der Waals surface area contributed by atoms with Gasteiger partial charge in [-0.25, -0.2) is 0 Å². The molecule has 7 nitrogen and oxygen atoms in total. The van der Waals surface area contributed by atoms with Crippen molar-refractivity contribution >= 4 is 35.0 Å². The molecule has 1 heterocycles. The quantitative estimate of drug-likeness (QED) is 0.591. The van der Waals surface area contributed by atoms with Gasteiger partial charge in [-0.05, 0) is 48.1 Å². The molecule has 28 heavy (non-hydrogen) atoms. The molecule has 1 aliphatic rings. The van der Waals surface area contributed by atoms with Crippen LogP contribution in [-0.4, -0.2) is 39.5 Å². The first-order chi connectivity index (χ1) is 13.5. The second-order valence-corrected chi connectivity index (χ2v) is 6.18. The van der Waals surface area contributed by atoms with Gasteiger partial charge in [0.05, 0.1) is 34.1 Å². The van der Waals surface area contributed by atoms with Gasteiger partial charge in [0, 0.05) is 6.07 Å². The first-order valence-corrected chi connectivity index (χ1v) is 8.74. The third kappa shape index (κ3) is 3.59. The Hall–Kier alpha value is -3.26. The molecule has 1 aliphatic heterocycles. The Labute approximate surface area is 168 Å². The fourth-order valence-corrected chi connectivity index (χ4v) is 3.17. The highest BCUT2D eigenvalue weighted by Gasteiger charge is 2.32.